The number of aromatic nitrogens is 4. The van der Waals surface area contributed by atoms with Crippen LogP contribution in [0.1, 0.15) is 11.1 Å². The van der Waals surface area contributed by atoms with Crippen molar-refractivity contribution in [3.05, 3.63) is 63.7 Å². The SMILES string of the molecule is Nc1ccc(-c2nnn(CCc3ccc(C(F)(F)F)cc3)n2)cc1[N+](=O)[O-]. The molecule has 140 valence electrons. The number of rotatable bonds is 5. The summed E-state index contributed by atoms with van der Waals surface area (Å²) in [5, 5.41) is 22.8. The molecular weight excluding hydrogens is 365 g/mol. The highest BCUT2D eigenvalue weighted by Gasteiger charge is 2.29. The lowest BCUT2D eigenvalue weighted by Gasteiger charge is -2.07. The number of hydrogen-bond acceptors (Lipinski definition) is 6. The van der Waals surface area contributed by atoms with Gasteiger partial charge in [-0.1, -0.05) is 12.1 Å². The van der Waals surface area contributed by atoms with Crippen LogP contribution in [0.5, 0.6) is 0 Å². The van der Waals surface area contributed by atoms with Crippen molar-refractivity contribution in [3.8, 4) is 11.4 Å². The fourth-order valence-electron chi connectivity index (χ4n) is 2.38. The Bertz CT molecular complexity index is 969. The Morgan fingerprint density at radius 2 is 1.85 bits per heavy atom. The van der Waals surface area contributed by atoms with Crippen LogP contribution >= 0.6 is 0 Å². The van der Waals surface area contributed by atoms with E-state index in [9.17, 15) is 23.3 Å². The molecule has 0 aliphatic rings. The zero-order valence-corrected chi connectivity index (χ0v) is 13.7. The third-order valence-electron chi connectivity index (χ3n) is 3.82. The lowest BCUT2D eigenvalue weighted by atomic mass is 10.1. The standard InChI is InChI=1S/C16H13F3N6O2/c17-16(18,19)12-4-1-10(2-5-12)7-8-24-22-15(21-23-24)11-3-6-13(20)14(9-11)25(26)27/h1-6,9H,7-8,20H2. The van der Waals surface area contributed by atoms with E-state index in [1.807, 2.05) is 0 Å². The Kier molecular flexibility index (Phi) is 4.75. The summed E-state index contributed by atoms with van der Waals surface area (Å²) in [6.07, 6.45) is -3.97. The van der Waals surface area contributed by atoms with Gasteiger partial charge in [0.2, 0.25) is 5.82 Å². The molecule has 0 aliphatic carbocycles. The number of nitro benzene ring substituents is 1. The van der Waals surface area contributed by atoms with Crippen LogP contribution in [0.2, 0.25) is 0 Å². The van der Waals surface area contributed by atoms with Crippen molar-refractivity contribution in [2.24, 2.45) is 0 Å². The molecule has 2 aromatic carbocycles. The van der Waals surface area contributed by atoms with Crippen LogP contribution < -0.4 is 5.73 Å². The van der Waals surface area contributed by atoms with E-state index in [1.54, 1.807) is 6.07 Å². The molecule has 0 unspecified atom stereocenters. The van der Waals surface area contributed by atoms with Crippen molar-refractivity contribution in [2.75, 3.05) is 5.73 Å². The Hall–Kier alpha value is -3.50. The van der Waals surface area contributed by atoms with Crippen LogP contribution in [0.4, 0.5) is 24.5 Å². The van der Waals surface area contributed by atoms with Crippen molar-refractivity contribution in [3.63, 3.8) is 0 Å². The number of benzene rings is 2. The summed E-state index contributed by atoms with van der Waals surface area (Å²) in [6, 6.07) is 9.00. The van der Waals surface area contributed by atoms with Crippen LogP contribution in [0.25, 0.3) is 11.4 Å². The number of hydrogen-bond donors (Lipinski definition) is 1. The summed E-state index contributed by atoms with van der Waals surface area (Å²) in [5.74, 6) is 0.186. The molecule has 0 spiro atoms. The first-order valence-electron chi connectivity index (χ1n) is 7.72. The molecule has 0 fully saturated rings. The zero-order valence-electron chi connectivity index (χ0n) is 13.7. The monoisotopic (exact) mass is 378 g/mol. The van der Waals surface area contributed by atoms with Crippen molar-refractivity contribution >= 4 is 11.4 Å². The Balaban J connectivity index is 1.70. The highest BCUT2D eigenvalue weighted by molar-refractivity contribution is 5.68. The smallest absolute Gasteiger partial charge is 0.393 e. The molecule has 0 amide bonds. The maximum atomic E-state index is 12.6. The average molecular weight is 378 g/mol. The van der Waals surface area contributed by atoms with Crippen LogP contribution in [-0.4, -0.2) is 25.1 Å². The lowest BCUT2D eigenvalue weighted by molar-refractivity contribution is -0.383. The van der Waals surface area contributed by atoms with Gasteiger partial charge in [0.1, 0.15) is 5.69 Å². The Labute approximate surface area is 150 Å². The van der Waals surface area contributed by atoms with Gasteiger partial charge in [0.15, 0.2) is 0 Å². The minimum Gasteiger partial charge on any atom is -0.393 e. The zero-order chi connectivity index (χ0) is 19.6. The number of nitrogens with two attached hydrogens (primary N) is 1. The van der Waals surface area contributed by atoms with Crippen molar-refractivity contribution in [2.45, 2.75) is 19.1 Å². The molecule has 3 rings (SSSR count). The van der Waals surface area contributed by atoms with Gasteiger partial charge < -0.3 is 5.73 Å². The lowest BCUT2D eigenvalue weighted by Crippen LogP contribution is -2.07. The molecule has 27 heavy (non-hydrogen) atoms. The normalized spacial score (nSPS) is 11.5. The molecule has 0 saturated carbocycles. The van der Waals surface area contributed by atoms with Crippen molar-refractivity contribution in [1.82, 2.24) is 20.2 Å². The molecule has 0 saturated heterocycles. The van der Waals surface area contributed by atoms with E-state index in [4.69, 9.17) is 5.73 Å². The number of nitrogens with zero attached hydrogens (tertiary/aromatic N) is 5. The third kappa shape index (κ3) is 4.19. The average Bonchev–Trinajstić information content (AvgIpc) is 3.09. The maximum absolute atomic E-state index is 12.6. The predicted octanol–water partition coefficient (Wildman–Crippen LogP) is 3.09. The van der Waals surface area contributed by atoms with E-state index in [-0.39, 0.29) is 23.7 Å². The van der Waals surface area contributed by atoms with Gasteiger partial charge >= 0.3 is 6.18 Å². The third-order valence-corrected chi connectivity index (χ3v) is 3.82. The molecule has 0 radical (unpaired) electrons. The van der Waals surface area contributed by atoms with E-state index in [1.165, 1.54) is 29.1 Å². The first-order chi connectivity index (χ1) is 12.7. The van der Waals surface area contributed by atoms with Crippen LogP contribution in [-0.2, 0) is 19.1 Å². The molecule has 0 bridgehead atoms. The summed E-state index contributed by atoms with van der Waals surface area (Å²) in [6.45, 7) is 0.287. The highest BCUT2D eigenvalue weighted by Crippen LogP contribution is 2.29. The molecule has 1 aromatic heterocycles. The summed E-state index contributed by atoms with van der Waals surface area (Å²) in [7, 11) is 0. The largest absolute Gasteiger partial charge is 0.416 e. The van der Waals surface area contributed by atoms with E-state index in [0.717, 1.165) is 12.1 Å². The number of alkyl halides is 3. The van der Waals surface area contributed by atoms with E-state index in [2.05, 4.69) is 15.4 Å². The molecular formula is C16H13F3N6O2. The number of nitrogen functional groups attached to an aromatic ring is 1. The Morgan fingerprint density at radius 1 is 1.15 bits per heavy atom. The summed E-state index contributed by atoms with van der Waals surface area (Å²) in [5.41, 5.74) is 5.68. The molecule has 0 aliphatic heterocycles. The number of aryl methyl sites for hydroxylation is 2. The van der Waals surface area contributed by atoms with Gasteiger partial charge in [-0.15, -0.1) is 10.2 Å². The number of tetrazole rings is 1. The van der Waals surface area contributed by atoms with E-state index < -0.39 is 16.7 Å². The number of halogens is 3. The second-order valence-corrected chi connectivity index (χ2v) is 5.68. The highest BCUT2D eigenvalue weighted by atomic mass is 19.4. The first-order valence-corrected chi connectivity index (χ1v) is 7.72. The second kappa shape index (κ2) is 7.02. The fourth-order valence-corrected chi connectivity index (χ4v) is 2.38. The maximum Gasteiger partial charge on any atom is 0.416 e. The van der Waals surface area contributed by atoms with E-state index >= 15 is 0 Å². The summed E-state index contributed by atoms with van der Waals surface area (Å²) >= 11 is 0. The van der Waals surface area contributed by atoms with Gasteiger partial charge in [-0.05, 0) is 41.5 Å². The number of nitro groups is 1. The van der Waals surface area contributed by atoms with Gasteiger partial charge in [-0.3, -0.25) is 10.1 Å². The van der Waals surface area contributed by atoms with Gasteiger partial charge in [-0.25, -0.2) is 0 Å². The summed E-state index contributed by atoms with van der Waals surface area (Å²) < 4.78 is 37.7. The van der Waals surface area contributed by atoms with Gasteiger partial charge in [0, 0.05) is 11.6 Å². The minimum absolute atomic E-state index is 0.0263. The predicted molar refractivity (Wildman–Crippen MR) is 89.5 cm³/mol. The van der Waals surface area contributed by atoms with Gasteiger partial charge in [0.25, 0.3) is 5.69 Å². The molecule has 8 nitrogen and oxygen atoms in total. The van der Waals surface area contributed by atoms with Crippen molar-refractivity contribution < 1.29 is 18.1 Å². The molecule has 3 aromatic rings. The molecule has 11 heteroatoms. The van der Waals surface area contributed by atoms with Crippen LogP contribution in [0, 0.1) is 10.1 Å². The fraction of sp³-hybridized carbons (Fsp3) is 0.188. The minimum atomic E-state index is -4.37. The quantitative estimate of drug-likeness (QED) is 0.415. The second-order valence-electron chi connectivity index (χ2n) is 5.68. The van der Waals surface area contributed by atoms with Gasteiger partial charge in [-0.2, -0.15) is 18.0 Å². The van der Waals surface area contributed by atoms with Crippen molar-refractivity contribution in [1.29, 1.82) is 0 Å². The summed E-state index contributed by atoms with van der Waals surface area (Å²) in [4.78, 5) is 11.6. The van der Waals surface area contributed by atoms with Crippen LogP contribution in [0.3, 0.4) is 0 Å². The Morgan fingerprint density at radius 3 is 2.48 bits per heavy atom. The van der Waals surface area contributed by atoms with E-state index in [0.29, 0.717) is 17.5 Å². The first kappa shape index (κ1) is 18.3. The molecule has 1 heterocycles. The molecule has 0 atom stereocenters. The number of anilines is 1. The molecule has 2 N–H and O–H groups in total. The van der Waals surface area contributed by atoms with Gasteiger partial charge in [0.05, 0.1) is 17.0 Å². The topological polar surface area (TPSA) is 113 Å². The van der Waals surface area contributed by atoms with Crippen LogP contribution in [0.15, 0.2) is 42.5 Å².